The van der Waals surface area contributed by atoms with Gasteiger partial charge in [-0.2, -0.15) is 0 Å². The van der Waals surface area contributed by atoms with E-state index >= 15 is 0 Å². The van der Waals surface area contributed by atoms with Crippen LogP contribution in [-0.2, 0) is 13.1 Å². The van der Waals surface area contributed by atoms with Crippen LogP contribution in [0.15, 0.2) is 34.2 Å². The maximum atomic E-state index is 13.8. The van der Waals surface area contributed by atoms with Gasteiger partial charge >= 0.3 is 0 Å². The smallest absolute Gasteiger partial charge is 0.275 e. The number of aromatic nitrogens is 1. The average Bonchev–Trinajstić information content (AvgIpc) is 3.32. The summed E-state index contributed by atoms with van der Waals surface area (Å²) < 4.78 is 28.5. The summed E-state index contributed by atoms with van der Waals surface area (Å²) >= 11 is 0. The van der Waals surface area contributed by atoms with Crippen LogP contribution in [0.4, 0.5) is 8.78 Å². The van der Waals surface area contributed by atoms with Gasteiger partial charge < -0.3 is 20.3 Å². The number of nitrogens with two attached hydrogens (primary N) is 1. The molecule has 3 aliphatic heterocycles. The fourth-order valence-electron chi connectivity index (χ4n) is 4.81. The Kier molecular flexibility index (Phi) is 4.54. The van der Waals surface area contributed by atoms with Gasteiger partial charge in [-0.15, -0.1) is 0 Å². The standard InChI is InChI=1S/C21H21F2N5O3/c22-12-4-3-11(15(23)6-12)7-25-20(24)14-9-26-10-16-27-5-1-2-13(27)8-28(16)21(31)17(26)19(30)18(14)29/h3-4,6,9,13,16,30H,1-2,5,7-8,10H2,(H2,24,25)/t13-,16+/m1/s1. The zero-order chi connectivity index (χ0) is 21.9. The number of aliphatic imine (C=N–C) groups is 1. The van der Waals surface area contributed by atoms with Crippen molar-refractivity contribution in [2.75, 3.05) is 13.1 Å². The fourth-order valence-corrected chi connectivity index (χ4v) is 4.81. The fraction of sp³-hybridized carbons (Fsp3) is 0.381. The van der Waals surface area contributed by atoms with Gasteiger partial charge in [-0.25, -0.2) is 8.78 Å². The number of pyridine rings is 1. The molecule has 2 atom stereocenters. The van der Waals surface area contributed by atoms with Gasteiger partial charge in [0.05, 0.1) is 18.7 Å². The maximum absolute atomic E-state index is 13.8. The lowest BCUT2D eigenvalue weighted by Gasteiger charge is -2.35. The molecule has 3 aliphatic rings. The Morgan fingerprint density at radius 1 is 1.26 bits per heavy atom. The summed E-state index contributed by atoms with van der Waals surface area (Å²) in [6.45, 7) is 1.69. The zero-order valence-corrected chi connectivity index (χ0v) is 16.6. The Balaban J connectivity index is 1.49. The molecule has 4 heterocycles. The minimum absolute atomic E-state index is 0.0523. The number of nitrogens with zero attached hydrogens (tertiary/aromatic N) is 4. The number of hydrogen-bond donors (Lipinski definition) is 2. The topological polar surface area (TPSA) is 104 Å². The number of rotatable bonds is 3. The summed E-state index contributed by atoms with van der Waals surface area (Å²) in [5.74, 6) is -2.72. The normalized spacial score (nSPS) is 23.1. The minimum Gasteiger partial charge on any atom is -0.503 e. The largest absolute Gasteiger partial charge is 0.503 e. The molecule has 1 aromatic carbocycles. The summed E-state index contributed by atoms with van der Waals surface area (Å²) in [5.41, 5.74) is 5.16. The molecule has 0 bridgehead atoms. The minimum atomic E-state index is -0.807. The van der Waals surface area contributed by atoms with Gasteiger partial charge in [-0.3, -0.25) is 19.5 Å². The van der Waals surface area contributed by atoms with Crippen molar-refractivity contribution in [3.05, 3.63) is 63.1 Å². The number of carbonyl (C=O) groups excluding carboxylic acids is 1. The van der Waals surface area contributed by atoms with Crippen molar-refractivity contribution in [2.24, 2.45) is 10.7 Å². The molecule has 1 amide bonds. The SMILES string of the molecule is NC(=NCc1ccc(F)cc1F)c1cn2c(c(O)c1=O)C(=O)N1C[C@H]3CCCN3[C@@H]1C2. The van der Waals surface area contributed by atoms with Gasteiger partial charge in [0, 0.05) is 37.0 Å². The Hall–Kier alpha value is -3.27. The summed E-state index contributed by atoms with van der Waals surface area (Å²) in [4.78, 5) is 33.8. The van der Waals surface area contributed by atoms with Crippen molar-refractivity contribution in [2.45, 2.75) is 38.1 Å². The third-order valence-corrected chi connectivity index (χ3v) is 6.36. The van der Waals surface area contributed by atoms with Gasteiger partial charge in [0.25, 0.3) is 5.91 Å². The van der Waals surface area contributed by atoms with Gasteiger partial charge in [-0.1, -0.05) is 6.07 Å². The molecule has 31 heavy (non-hydrogen) atoms. The van der Waals surface area contributed by atoms with E-state index in [-0.39, 0.29) is 41.3 Å². The second kappa shape index (κ2) is 7.16. The van der Waals surface area contributed by atoms with Crippen LogP contribution < -0.4 is 11.2 Å². The van der Waals surface area contributed by atoms with Crippen LogP contribution in [0.2, 0.25) is 0 Å². The molecule has 3 N–H and O–H groups in total. The summed E-state index contributed by atoms with van der Waals surface area (Å²) in [5, 5.41) is 10.5. The first-order valence-electron chi connectivity index (χ1n) is 10.1. The van der Waals surface area contributed by atoms with E-state index in [4.69, 9.17) is 5.73 Å². The van der Waals surface area contributed by atoms with Crippen LogP contribution in [0, 0.1) is 11.6 Å². The zero-order valence-electron chi connectivity index (χ0n) is 16.6. The van der Waals surface area contributed by atoms with Gasteiger partial charge in [0.1, 0.15) is 23.6 Å². The highest BCUT2D eigenvalue weighted by Gasteiger charge is 2.48. The van der Waals surface area contributed by atoms with E-state index in [1.165, 1.54) is 12.3 Å². The Morgan fingerprint density at radius 2 is 2.06 bits per heavy atom. The monoisotopic (exact) mass is 429 g/mol. The second-order valence-corrected chi connectivity index (χ2v) is 8.13. The lowest BCUT2D eigenvalue weighted by atomic mass is 10.1. The van der Waals surface area contributed by atoms with Crippen LogP contribution in [0.25, 0.3) is 0 Å². The van der Waals surface area contributed by atoms with E-state index in [1.807, 2.05) is 0 Å². The van der Waals surface area contributed by atoms with Crippen LogP contribution >= 0.6 is 0 Å². The van der Waals surface area contributed by atoms with Crippen LogP contribution in [0.3, 0.4) is 0 Å². The molecule has 0 saturated carbocycles. The number of aromatic hydroxyl groups is 1. The van der Waals surface area contributed by atoms with Crippen LogP contribution in [-0.4, -0.2) is 56.5 Å². The molecule has 0 radical (unpaired) electrons. The number of amides is 1. The summed E-state index contributed by atoms with van der Waals surface area (Å²) in [7, 11) is 0. The van der Waals surface area contributed by atoms with E-state index in [2.05, 4.69) is 9.89 Å². The Bertz CT molecular complexity index is 1180. The molecular formula is C21H21F2N5O3. The summed E-state index contributed by atoms with van der Waals surface area (Å²) in [6.07, 6.45) is 3.39. The number of carbonyl (C=O) groups is 1. The molecule has 5 rings (SSSR count). The first-order chi connectivity index (χ1) is 14.8. The van der Waals surface area contributed by atoms with Crippen molar-refractivity contribution in [3.63, 3.8) is 0 Å². The van der Waals surface area contributed by atoms with Crippen molar-refractivity contribution in [1.82, 2.24) is 14.4 Å². The Labute approximate surface area is 176 Å². The molecular weight excluding hydrogens is 408 g/mol. The van der Waals surface area contributed by atoms with E-state index in [1.54, 1.807) is 9.47 Å². The van der Waals surface area contributed by atoms with E-state index in [0.29, 0.717) is 19.1 Å². The number of fused-ring (bicyclic) bond motifs is 4. The predicted molar refractivity (Wildman–Crippen MR) is 108 cm³/mol. The quantitative estimate of drug-likeness (QED) is 0.560. The maximum Gasteiger partial charge on any atom is 0.275 e. The lowest BCUT2D eigenvalue weighted by molar-refractivity contribution is 0.0515. The third kappa shape index (κ3) is 3.09. The lowest BCUT2D eigenvalue weighted by Crippen LogP contribution is -2.50. The van der Waals surface area contributed by atoms with E-state index in [9.17, 15) is 23.5 Å². The highest BCUT2D eigenvalue weighted by atomic mass is 19.1. The van der Waals surface area contributed by atoms with Crippen molar-refractivity contribution >= 4 is 11.7 Å². The number of amidine groups is 1. The molecule has 10 heteroatoms. The molecule has 2 aromatic rings. The molecule has 0 aliphatic carbocycles. The molecule has 1 aromatic heterocycles. The highest BCUT2D eigenvalue weighted by molar-refractivity contribution is 6.00. The molecule has 0 spiro atoms. The molecule has 8 nitrogen and oxygen atoms in total. The van der Waals surface area contributed by atoms with Crippen LogP contribution in [0.1, 0.15) is 34.5 Å². The molecule has 2 fully saturated rings. The predicted octanol–water partition coefficient (Wildman–Crippen LogP) is 0.997. The van der Waals surface area contributed by atoms with Gasteiger partial charge in [-0.05, 0) is 18.9 Å². The third-order valence-electron chi connectivity index (χ3n) is 6.36. The van der Waals surface area contributed by atoms with Gasteiger partial charge in [0.15, 0.2) is 11.4 Å². The van der Waals surface area contributed by atoms with Crippen molar-refractivity contribution in [1.29, 1.82) is 0 Å². The van der Waals surface area contributed by atoms with Crippen molar-refractivity contribution in [3.8, 4) is 5.75 Å². The van der Waals surface area contributed by atoms with Gasteiger partial charge in [0.2, 0.25) is 5.43 Å². The average molecular weight is 429 g/mol. The molecule has 162 valence electrons. The highest BCUT2D eigenvalue weighted by Crippen LogP contribution is 2.35. The first kappa shape index (κ1) is 19.7. The molecule has 0 unspecified atom stereocenters. The van der Waals surface area contributed by atoms with Crippen molar-refractivity contribution < 1.29 is 18.7 Å². The second-order valence-electron chi connectivity index (χ2n) is 8.13. The Morgan fingerprint density at radius 3 is 2.84 bits per heavy atom. The summed E-state index contributed by atoms with van der Waals surface area (Å²) in [6, 6.07) is 3.40. The number of halogens is 2. The van der Waals surface area contributed by atoms with E-state index < -0.39 is 22.8 Å². The number of hydrogen-bond acceptors (Lipinski definition) is 5. The molecule has 2 saturated heterocycles. The van der Waals surface area contributed by atoms with E-state index in [0.717, 1.165) is 31.5 Å². The van der Waals surface area contributed by atoms with Crippen LogP contribution in [0.5, 0.6) is 5.75 Å². The number of benzene rings is 1. The first-order valence-corrected chi connectivity index (χ1v) is 10.1.